The Morgan fingerprint density at radius 2 is 2.25 bits per heavy atom. The molecule has 0 aliphatic heterocycles. The Kier molecular flexibility index (Phi) is 3.78. The summed E-state index contributed by atoms with van der Waals surface area (Å²) in [5.41, 5.74) is 5.30. The van der Waals surface area contributed by atoms with Gasteiger partial charge in [0.2, 0.25) is 0 Å². The van der Waals surface area contributed by atoms with Crippen molar-refractivity contribution in [2.75, 3.05) is 0 Å². The Morgan fingerprint density at radius 3 is 2.75 bits per heavy atom. The average Bonchev–Trinajstić information content (AvgIpc) is 2.16. The fourth-order valence-corrected chi connectivity index (χ4v) is 1.10. The topological polar surface area (TPSA) is 75.3 Å². The SMILES string of the molecule is CC(NC(=O)c1ccc(F)cc1O)C(N)=S. The van der Waals surface area contributed by atoms with E-state index >= 15 is 0 Å². The van der Waals surface area contributed by atoms with Crippen LogP contribution in [0.15, 0.2) is 18.2 Å². The molecule has 0 aromatic heterocycles. The number of amides is 1. The molecule has 1 amide bonds. The number of halogens is 1. The maximum absolute atomic E-state index is 12.7. The van der Waals surface area contributed by atoms with E-state index in [0.29, 0.717) is 0 Å². The van der Waals surface area contributed by atoms with E-state index in [1.807, 2.05) is 0 Å². The fraction of sp³-hybridized carbons (Fsp3) is 0.200. The first kappa shape index (κ1) is 12.4. The lowest BCUT2D eigenvalue weighted by Gasteiger charge is -2.12. The summed E-state index contributed by atoms with van der Waals surface area (Å²) in [5.74, 6) is -1.60. The summed E-state index contributed by atoms with van der Waals surface area (Å²) in [5, 5.41) is 11.8. The quantitative estimate of drug-likeness (QED) is 0.689. The van der Waals surface area contributed by atoms with Crippen molar-refractivity contribution in [3.8, 4) is 5.75 Å². The highest BCUT2D eigenvalue weighted by Gasteiger charge is 2.15. The van der Waals surface area contributed by atoms with Crippen LogP contribution in [0.5, 0.6) is 5.75 Å². The van der Waals surface area contributed by atoms with E-state index in [2.05, 4.69) is 17.5 Å². The second-order valence-corrected chi connectivity index (χ2v) is 3.73. The largest absolute Gasteiger partial charge is 0.507 e. The minimum absolute atomic E-state index is 0.0236. The molecule has 0 radical (unpaired) electrons. The second kappa shape index (κ2) is 4.89. The molecular weight excluding hydrogens is 231 g/mol. The third-order valence-corrected chi connectivity index (χ3v) is 2.33. The number of nitrogens with two attached hydrogens (primary N) is 1. The van der Waals surface area contributed by atoms with Crippen molar-refractivity contribution in [2.24, 2.45) is 5.73 Å². The van der Waals surface area contributed by atoms with Crippen LogP contribution in [-0.4, -0.2) is 22.0 Å². The van der Waals surface area contributed by atoms with E-state index in [9.17, 15) is 14.3 Å². The van der Waals surface area contributed by atoms with Crippen LogP contribution in [-0.2, 0) is 0 Å². The zero-order chi connectivity index (χ0) is 12.3. The zero-order valence-electron chi connectivity index (χ0n) is 8.53. The molecule has 1 aromatic carbocycles. The molecule has 0 aliphatic rings. The minimum Gasteiger partial charge on any atom is -0.507 e. The molecule has 0 aliphatic carbocycles. The van der Waals surface area contributed by atoms with Crippen LogP contribution in [0, 0.1) is 5.82 Å². The molecule has 0 saturated heterocycles. The number of thiocarbonyl (C=S) groups is 1. The standard InChI is InChI=1S/C10H11FN2O2S/c1-5(9(12)16)13-10(15)7-3-2-6(11)4-8(7)14/h2-5,14H,1H3,(H2,12,16)(H,13,15). The van der Waals surface area contributed by atoms with E-state index in [0.717, 1.165) is 12.1 Å². The number of phenolic OH excluding ortho intramolecular Hbond substituents is 1. The summed E-state index contributed by atoms with van der Waals surface area (Å²) in [6.45, 7) is 1.61. The van der Waals surface area contributed by atoms with Gasteiger partial charge in [0.05, 0.1) is 16.6 Å². The Balaban J connectivity index is 2.85. The van der Waals surface area contributed by atoms with Gasteiger partial charge >= 0.3 is 0 Å². The van der Waals surface area contributed by atoms with Crippen molar-refractivity contribution in [3.05, 3.63) is 29.6 Å². The van der Waals surface area contributed by atoms with Crippen molar-refractivity contribution in [1.82, 2.24) is 5.32 Å². The lowest BCUT2D eigenvalue weighted by atomic mass is 10.1. The van der Waals surface area contributed by atoms with Gasteiger partial charge in [-0.3, -0.25) is 4.79 Å². The molecule has 4 nitrogen and oxygen atoms in total. The Morgan fingerprint density at radius 1 is 1.62 bits per heavy atom. The number of aromatic hydroxyl groups is 1. The van der Waals surface area contributed by atoms with Gasteiger partial charge in [-0.25, -0.2) is 4.39 Å². The van der Waals surface area contributed by atoms with Gasteiger partial charge in [0.25, 0.3) is 5.91 Å². The lowest BCUT2D eigenvalue weighted by molar-refractivity contribution is 0.0946. The summed E-state index contributed by atoms with van der Waals surface area (Å²) >= 11 is 4.68. The highest BCUT2D eigenvalue weighted by Crippen LogP contribution is 2.17. The van der Waals surface area contributed by atoms with E-state index in [1.165, 1.54) is 6.07 Å². The smallest absolute Gasteiger partial charge is 0.255 e. The molecule has 1 unspecified atom stereocenters. The third-order valence-electron chi connectivity index (χ3n) is 1.98. The van der Waals surface area contributed by atoms with E-state index in [4.69, 9.17) is 5.73 Å². The lowest BCUT2D eigenvalue weighted by Crippen LogP contribution is -2.41. The first-order valence-corrected chi connectivity index (χ1v) is 4.91. The normalized spacial score (nSPS) is 11.9. The number of carbonyl (C=O) groups excluding carboxylic acids is 1. The molecule has 0 spiro atoms. The van der Waals surface area contributed by atoms with Crippen LogP contribution in [0.4, 0.5) is 4.39 Å². The van der Waals surface area contributed by atoms with Crippen molar-refractivity contribution < 1.29 is 14.3 Å². The van der Waals surface area contributed by atoms with Crippen LogP contribution in [0.2, 0.25) is 0 Å². The summed E-state index contributed by atoms with van der Waals surface area (Å²) in [6.07, 6.45) is 0. The molecule has 6 heteroatoms. The Bertz CT molecular complexity index is 437. The summed E-state index contributed by atoms with van der Waals surface area (Å²) in [6, 6.07) is 2.64. The van der Waals surface area contributed by atoms with Crippen molar-refractivity contribution in [3.63, 3.8) is 0 Å². The van der Waals surface area contributed by atoms with Crippen LogP contribution >= 0.6 is 12.2 Å². The molecule has 4 N–H and O–H groups in total. The predicted molar refractivity (Wildman–Crippen MR) is 61.8 cm³/mol. The molecule has 16 heavy (non-hydrogen) atoms. The van der Waals surface area contributed by atoms with Gasteiger partial charge < -0.3 is 16.2 Å². The van der Waals surface area contributed by atoms with Gasteiger partial charge in [-0.2, -0.15) is 0 Å². The summed E-state index contributed by atoms with van der Waals surface area (Å²) in [7, 11) is 0. The van der Waals surface area contributed by atoms with Crippen LogP contribution in [0.25, 0.3) is 0 Å². The van der Waals surface area contributed by atoms with Gasteiger partial charge in [-0.15, -0.1) is 0 Å². The van der Waals surface area contributed by atoms with E-state index in [1.54, 1.807) is 6.92 Å². The number of benzene rings is 1. The van der Waals surface area contributed by atoms with Gasteiger partial charge in [0, 0.05) is 6.07 Å². The molecule has 0 bridgehead atoms. The third kappa shape index (κ3) is 2.90. The highest BCUT2D eigenvalue weighted by atomic mass is 32.1. The summed E-state index contributed by atoms with van der Waals surface area (Å²) in [4.78, 5) is 11.7. The maximum atomic E-state index is 12.7. The monoisotopic (exact) mass is 242 g/mol. The Labute approximate surface area is 97.3 Å². The van der Waals surface area contributed by atoms with Crippen LogP contribution in [0.3, 0.4) is 0 Å². The molecule has 86 valence electrons. The van der Waals surface area contributed by atoms with E-state index in [-0.39, 0.29) is 10.6 Å². The van der Waals surface area contributed by atoms with Gasteiger partial charge in [-0.05, 0) is 19.1 Å². The number of carbonyl (C=O) groups is 1. The second-order valence-electron chi connectivity index (χ2n) is 3.26. The maximum Gasteiger partial charge on any atom is 0.255 e. The van der Waals surface area contributed by atoms with Crippen molar-refractivity contribution >= 4 is 23.1 Å². The molecule has 0 fully saturated rings. The number of hydrogen-bond donors (Lipinski definition) is 3. The summed E-state index contributed by atoms with van der Waals surface area (Å²) < 4.78 is 12.7. The van der Waals surface area contributed by atoms with E-state index < -0.39 is 23.5 Å². The first-order chi connectivity index (χ1) is 7.41. The Hall–Kier alpha value is -1.69. The molecule has 1 aromatic rings. The number of hydrogen-bond acceptors (Lipinski definition) is 3. The molecule has 1 atom stereocenters. The van der Waals surface area contributed by atoms with Crippen molar-refractivity contribution in [1.29, 1.82) is 0 Å². The van der Waals surface area contributed by atoms with Gasteiger partial charge in [0.1, 0.15) is 11.6 Å². The molecule has 1 rings (SSSR count). The molecule has 0 saturated carbocycles. The zero-order valence-corrected chi connectivity index (χ0v) is 9.34. The van der Waals surface area contributed by atoms with Crippen molar-refractivity contribution in [2.45, 2.75) is 13.0 Å². The van der Waals surface area contributed by atoms with Crippen LogP contribution < -0.4 is 11.1 Å². The van der Waals surface area contributed by atoms with Gasteiger partial charge in [0.15, 0.2) is 0 Å². The predicted octanol–water partition coefficient (Wildman–Crippen LogP) is 0.936. The van der Waals surface area contributed by atoms with Gasteiger partial charge in [-0.1, -0.05) is 12.2 Å². The number of rotatable bonds is 3. The highest BCUT2D eigenvalue weighted by molar-refractivity contribution is 7.80. The van der Waals surface area contributed by atoms with Crippen LogP contribution in [0.1, 0.15) is 17.3 Å². The average molecular weight is 242 g/mol. The molecular formula is C10H11FN2O2S. The first-order valence-electron chi connectivity index (χ1n) is 4.50. The minimum atomic E-state index is -0.614. The number of phenols is 1. The molecule has 0 heterocycles. The fourth-order valence-electron chi connectivity index (χ4n) is 1.04. The number of nitrogens with one attached hydrogen (secondary N) is 1.